The van der Waals surface area contributed by atoms with E-state index < -0.39 is 0 Å². The van der Waals surface area contributed by atoms with Gasteiger partial charge in [-0.3, -0.25) is 0 Å². The summed E-state index contributed by atoms with van der Waals surface area (Å²) in [4.78, 5) is 0. The van der Waals surface area contributed by atoms with E-state index in [1.165, 1.54) is 80.2 Å². The Kier molecular flexibility index (Phi) is 24.6. The maximum Gasteiger partial charge on any atom is 0.0205 e. The molecule has 2 aromatic carbocycles. The number of allylic oxidation sites excluding steroid dienone is 1. The molecule has 2 aromatic rings. The Morgan fingerprint density at radius 1 is 0.477 bits per heavy atom. The molecule has 0 unspecified atom stereocenters. The molecule has 44 heavy (non-hydrogen) atoms. The van der Waals surface area contributed by atoms with Crippen LogP contribution in [-0.2, 0) is 13.1 Å². The van der Waals surface area contributed by atoms with E-state index in [0.717, 1.165) is 91.3 Å². The predicted octanol–water partition coefficient (Wildman–Crippen LogP) is 6.39. The molecule has 0 fully saturated rings. The van der Waals surface area contributed by atoms with Crippen molar-refractivity contribution in [1.82, 2.24) is 31.9 Å². The van der Waals surface area contributed by atoms with Crippen molar-refractivity contribution in [3.8, 4) is 11.1 Å². The minimum Gasteiger partial charge on any atom is -0.317 e. The summed E-state index contributed by atoms with van der Waals surface area (Å²) in [6.07, 6.45) is 15.7. The summed E-state index contributed by atoms with van der Waals surface area (Å²) in [5.41, 5.74) is 5.30. The fraction of sp³-hybridized carbons (Fsp3) is 0.632. The molecule has 0 amide bonds. The molecule has 0 aliphatic heterocycles. The second kappa shape index (κ2) is 28.4. The van der Waals surface area contributed by atoms with E-state index in [1.807, 2.05) is 6.08 Å². The fourth-order valence-corrected chi connectivity index (χ4v) is 5.30. The van der Waals surface area contributed by atoms with Gasteiger partial charge in [0.25, 0.3) is 0 Å². The van der Waals surface area contributed by atoms with Crippen LogP contribution in [0.25, 0.3) is 11.1 Å². The summed E-state index contributed by atoms with van der Waals surface area (Å²) in [5.74, 6) is 0. The summed E-state index contributed by atoms with van der Waals surface area (Å²) in [7, 11) is 0. The Morgan fingerprint density at radius 3 is 1.41 bits per heavy atom. The van der Waals surface area contributed by atoms with Crippen LogP contribution in [0.5, 0.6) is 0 Å². The Balaban J connectivity index is 1.58. The van der Waals surface area contributed by atoms with Gasteiger partial charge >= 0.3 is 0 Å². The molecule has 0 spiro atoms. The van der Waals surface area contributed by atoms with Crippen molar-refractivity contribution >= 4 is 0 Å². The van der Waals surface area contributed by atoms with Crippen molar-refractivity contribution in [2.75, 3.05) is 65.4 Å². The normalized spacial score (nSPS) is 11.3. The standard InChI is InChI=1S/C38H66N6/c1-3-5-7-12-20-39-22-14-24-41-26-16-28-43-33-35-30-36(32-38(31-35)37-18-10-9-11-19-37)34-44-29-17-27-42-25-15-23-40-21-13-8-6-4-2/h3,9-11,18-19,30-32,39-44H,1,4-8,12-17,20-29,33-34H2,2H3. The van der Waals surface area contributed by atoms with Gasteiger partial charge in [-0.25, -0.2) is 0 Å². The van der Waals surface area contributed by atoms with E-state index in [2.05, 4.69) is 93.9 Å². The van der Waals surface area contributed by atoms with Crippen LogP contribution in [0.15, 0.2) is 61.2 Å². The van der Waals surface area contributed by atoms with Crippen molar-refractivity contribution in [2.45, 2.75) is 90.6 Å². The van der Waals surface area contributed by atoms with Gasteiger partial charge in [0.1, 0.15) is 0 Å². The van der Waals surface area contributed by atoms with E-state index >= 15 is 0 Å². The van der Waals surface area contributed by atoms with Crippen LogP contribution >= 0.6 is 0 Å². The first kappa shape index (κ1) is 38.1. The third-order valence-corrected chi connectivity index (χ3v) is 7.87. The fourth-order valence-electron chi connectivity index (χ4n) is 5.30. The summed E-state index contributed by atoms with van der Waals surface area (Å²) in [6.45, 7) is 18.8. The molecule has 0 saturated carbocycles. The Bertz CT molecular complexity index is 919. The second-order valence-corrected chi connectivity index (χ2v) is 12.0. The lowest BCUT2D eigenvalue weighted by Crippen LogP contribution is -2.25. The molecule has 0 radical (unpaired) electrons. The van der Waals surface area contributed by atoms with Crippen molar-refractivity contribution in [2.24, 2.45) is 0 Å². The number of benzene rings is 2. The topological polar surface area (TPSA) is 72.2 Å². The monoisotopic (exact) mass is 607 g/mol. The molecule has 0 heterocycles. The Hall–Kier alpha value is -2.06. The molecule has 0 saturated heterocycles. The minimum absolute atomic E-state index is 0.904. The highest BCUT2D eigenvalue weighted by molar-refractivity contribution is 5.65. The van der Waals surface area contributed by atoms with Crippen molar-refractivity contribution < 1.29 is 0 Å². The van der Waals surface area contributed by atoms with Crippen molar-refractivity contribution in [3.63, 3.8) is 0 Å². The Morgan fingerprint density at radius 2 is 0.932 bits per heavy atom. The molecule has 248 valence electrons. The van der Waals surface area contributed by atoms with Crippen LogP contribution < -0.4 is 31.9 Å². The first-order valence-corrected chi connectivity index (χ1v) is 17.9. The molecule has 0 aromatic heterocycles. The smallest absolute Gasteiger partial charge is 0.0205 e. The van der Waals surface area contributed by atoms with E-state index in [0.29, 0.717) is 0 Å². The van der Waals surface area contributed by atoms with Crippen LogP contribution in [0, 0.1) is 0 Å². The molecule has 0 aliphatic rings. The SMILES string of the molecule is C=CCCCCNCCCNCCCNCc1cc(CNCCCNCCCNCCCCCC)cc(-c2ccccc2)c1. The van der Waals surface area contributed by atoms with Crippen LogP contribution in [-0.4, -0.2) is 65.4 Å². The van der Waals surface area contributed by atoms with Crippen molar-refractivity contribution in [1.29, 1.82) is 0 Å². The van der Waals surface area contributed by atoms with Gasteiger partial charge in [0.15, 0.2) is 0 Å². The molecule has 0 bridgehead atoms. The van der Waals surface area contributed by atoms with Crippen LogP contribution in [0.4, 0.5) is 0 Å². The third-order valence-electron chi connectivity index (χ3n) is 7.87. The first-order valence-electron chi connectivity index (χ1n) is 17.9. The number of hydrogen-bond donors (Lipinski definition) is 6. The van der Waals surface area contributed by atoms with Gasteiger partial charge in [-0.2, -0.15) is 0 Å². The summed E-state index contributed by atoms with van der Waals surface area (Å²) in [5, 5.41) is 21.6. The average molecular weight is 607 g/mol. The first-order chi connectivity index (χ1) is 21.8. The lowest BCUT2D eigenvalue weighted by molar-refractivity contribution is 0.550. The predicted molar refractivity (Wildman–Crippen MR) is 193 cm³/mol. The van der Waals surface area contributed by atoms with Crippen LogP contribution in [0.3, 0.4) is 0 Å². The number of unbranched alkanes of at least 4 members (excludes halogenated alkanes) is 5. The number of nitrogens with one attached hydrogen (secondary N) is 6. The number of rotatable bonds is 31. The highest BCUT2D eigenvalue weighted by Crippen LogP contribution is 2.22. The van der Waals surface area contributed by atoms with E-state index in [1.54, 1.807) is 0 Å². The lowest BCUT2D eigenvalue weighted by Gasteiger charge is -2.13. The molecule has 0 atom stereocenters. The third kappa shape index (κ3) is 20.8. The molecular formula is C38H66N6. The molecule has 6 N–H and O–H groups in total. The van der Waals surface area contributed by atoms with E-state index in [-0.39, 0.29) is 0 Å². The van der Waals surface area contributed by atoms with E-state index in [4.69, 9.17) is 0 Å². The molecular weight excluding hydrogens is 540 g/mol. The molecule has 6 nitrogen and oxygen atoms in total. The lowest BCUT2D eigenvalue weighted by atomic mass is 9.99. The molecule has 2 rings (SSSR count). The average Bonchev–Trinajstić information content (AvgIpc) is 3.05. The molecule has 0 aliphatic carbocycles. The van der Waals surface area contributed by atoms with Gasteiger partial charge in [0.2, 0.25) is 0 Å². The maximum absolute atomic E-state index is 3.78. The highest BCUT2D eigenvalue weighted by Gasteiger charge is 2.04. The van der Waals surface area contributed by atoms with Gasteiger partial charge in [0, 0.05) is 13.1 Å². The Labute approximate surface area is 271 Å². The quantitative estimate of drug-likeness (QED) is 0.0442. The van der Waals surface area contributed by atoms with Gasteiger partial charge in [-0.15, -0.1) is 6.58 Å². The molecule has 6 heteroatoms. The summed E-state index contributed by atoms with van der Waals surface area (Å²) < 4.78 is 0. The summed E-state index contributed by atoms with van der Waals surface area (Å²) >= 11 is 0. The van der Waals surface area contributed by atoms with Gasteiger partial charge < -0.3 is 31.9 Å². The zero-order chi connectivity index (χ0) is 31.2. The second-order valence-electron chi connectivity index (χ2n) is 12.0. The van der Waals surface area contributed by atoms with Gasteiger partial charge in [0.05, 0.1) is 0 Å². The summed E-state index contributed by atoms with van der Waals surface area (Å²) in [6, 6.07) is 17.8. The number of hydrogen-bond acceptors (Lipinski definition) is 6. The van der Waals surface area contributed by atoms with E-state index in [9.17, 15) is 0 Å². The zero-order valence-corrected chi connectivity index (χ0v) is 28.2. The largest absolute Gasteiger partial charge is 0.317 e. The van der Waals surface area contributed by atoms with Crippen LogP contribution in [0.2, 0.25) is 0 Å². The maximum atomic E-state index is 3.78. The van der Waals surface area contributed by atoms with Gasteiger partial charge in [-0.05, 0) is 151 Å². The highest BCUT2D eigenvalue weighted by atomic mass is 14.9. The van der Waals surface area contributed by atoms with Crippen LogP contribution in [0.1, 0.15) is 88.7 Å². The van der Waals surface area contributed by atoms with Crippen molar-refractivity contribution in [3.05, 3.63) is 72.3 Å². The zero-order valence-electron chi connectivity index (χ0n) is 28.2. The van der Waals surface area contributed by atoms with Gasteiger partial charge in [-0.1, -0.05) is 68.7 Å². The minimum atomic E-state index is 0.904.